The van der Waals surface area contributed by atoms with Gasteiger partial charge in [-0.05, 0) is 13.0 Å². The number of aromatic carboxylic acids is 1. The number of carboxylic acid groups (broad SMARTS) is 1. The van der Waals surface area contributed by atoms with Gasteiger partial charge in [0.15, 0.2) is 0 Å². The van der Waals surface area contributed by atoms with Crippen LogP contribution in [0, 0.1) is 0 Å². The molecule has 1 N–H and O–H groups in total. The Kier molecular flexibility index (Phi) is 3.23. The van der Waals surface area contributed by atoms with Crippen molar-refractivity contribution in [2.75, 3.05) is 6.61 Å². The van der Waals surface area contributed by atoms with Crippen LogP contribution in [0.1, 0.15) is 22.8 Å². The van der Waals surface area contributed by atoms with Gasteiger partial charge < -0.3 is 9.84 Å². The van der Waals surface area contributed by atoms with E-state index in [1.807, 2.05) is 6.92 Å². The molecule has 0 unspecified atom stereocenters. The fourth-order valence-corrected chi connectivity index (χ4v) is 0.967. The first-order valence-electron chi connectivity index (χ1n) is 4.15. The zero-order valence-corrected chi connectivity index (χ0v) is 7.86. The van der Waals surface area contributed by atoms with Crippen molar-refractivity contribution in [2.45, 2.75) is 6.92 Å². The molecule has 0 bridgehead atoms. The predicted molar refractivity (Wildman–Crippen MR) is 51.9 cm³/mol. The van der Waals surface area contributed by atoms with Crippen LogP contribution in [0.15, 0.2) is 25.0 Å². The molecule has 0 fully saturated rings. The van der Waals surface area contributed by atoms with Gasteiger partial charge in [0, 0.05) is 18.0 Å². The summed E-state index contributed by atoms with van der Waals surface area (Å²) in [5.74, 6) is -0.577. The van der Waals surface area contributed by atoms with Crippen molar-refractivity contribution in [2.24, 2.45) is 0 Å². The number of rotatable bonds is 4. The fourth-order valence-electron chi connectivity index (χ4n) is 0.967. The molecule has 0 atom stereocenters. The van der Waals surface area contributed by atoms with Gasteiger partial charge in [0.25, 0.3) is 0 Å². The van der Waals surface area contributed by atoms with E-state index in [0.717, 1.165) is 0 Å². The minimum absolute atomic E-state index is 0.128. The van der Waals surface area contributed by atoms with Gasteiger partial charge in [0.1, 0.15) is 5.76 Å². The number of carboxylic acids is 1. The van der Waals surface area contributed by atoms with Crippen molar-refractivity contribution in [3.8, 4) is 0 Å². The maximum atomic E-state index is 10.6. The van der Waals surface area contributed by atoms with Crippen molar-refractivity contribution in [3.05, 3.63) is 36.2 Å². The third kappa shape index (κ3) is 2.32. The average Bonchev–Trinajstić information content (AvgIpc) is 2.18. The van der Waals surface area contributed by atoms with Crippen molar-refractivity contribution < 1.29 is 14.6 Å². The third-order valence-corrected chi connectivity index (χ3v) is 1.63. The zero-order valence-electron chi connectivity index (χ0n) is 7.86. The fraction of sp³-hybridized carbons (Fsp3) is 0.200. The predicted octanol–water partition coefficient (Wildman–Crippen LogP) is 1.79. The monoisotopic (exact) mass is 193 g/mol. The van der Waals surface area contributed by atoms with Crippen LogP contribution < -0.4 is 0 Å². The van der Waals surface area contributed by atoms with Crippen LogP contribution in [0.2, 0.25) is 0 Å². The summed E-state index contributed by atoms with van der Waals surface area (Å²) in [5, 5.41) is 8.71. The molecule has 0 amide bonds. The summed E-state index contributed by atoms with van der Waals surface area (Å²) < 4.78 is 5.14. The highest BCUT2D eigenvalue weighted by atomic mass is 16.5. The topological polar surface area (TPSA) is 59.4 Å². The number of hydrogen-bond donors (Lipinski definition) is 1. The van der Waals surface area contributed by atoms with Gasteiger partial charge in [-0.25, -0.2) is 4.79 Å². The lowest BCUT2D eigenvalue weighted by atomic mass is 10.2. The van der Waals surface area contributed by atoms with Gasteiger partial charge in [-0.3, -0.25) is 4.98 Å². The standard InChI is InChI=1S/C10H11NO3/c1-3-14-7(2)8-4-9(10(12)13)6-11-5-8/h4-6H,2-3H2,1H3,(H,12,13). The minimum Gasteiger partial charge on any atom is -0.494 e. The molecule has 1 heterocycles. The third-order valence-electron chi connectivity index (χ3n) is 1.63. The number of carbonyl (C=O) groups is 1. The summed E-state index contributed by atoms with van der Waals surface area (Å²) >= 11 is 0. The summed E-state index contributed by atoms with van der Waals surface area (Å²) in [6.07, 6.45) is 2.80. The number of aromatic nitrogens is 1. The van der Waals surface area contributed by atoms with E-state index in [1.54, 1.807) is 0 Å². The van der Waals surface area contributed by atoms with Crippen LogP contribution in [0.5, 0.6) is 0 Å². The van der Waals surface area contributed by atoms with E-state index in [1.165, 1.54) is 18.5 Å². The molecule has 74 valence electrons. The van der Waals surface area contributed by atoms with E-state index in [4.69, 9.17) is 9.84 Å². The Morgan fingerprint density at radius 3 is 2.79 bits per heavy atom. The maximum absolute atomic E-state index is 10.6. The summed E-state index contributed by atoms with van der Waals surface area (Å²) in [6, 6.07) is 1.48. The zero-order chi connectivity index (χ0) is 10.6. The lowest BCUT2D eigenvalue weighted by Crippen LogP contribution is -1.99. The molecule has 0 aliphatic heterocycles. The number of hydrogen-bond acceptors (Lipinski definition) is 3. The first-order valence-corrected chi connectivity index (χ1v) is 4.15. The molecule has 1 rings (SSSR count). The Labute approximate surface area is 81.9 Å². The Balaban J connectivity index is 2.93. The van der Waals surface area contributed by atoms with E-state index in [-0.39, 0.29) is 5.56 Å². The summed E-state index contributed by atoms with van der Waals surface area (Å²) in [6.45, 7) is 5.99. The first-order chi connectivity index (χ1) is 6.65. The normalized spacial score (nSPS) is 9.50. The van der Waals surface area contributed by atoms with E-state index in [9.17, 15) is 4.79 Å². The van der Waals surface area contributed by atoms with Crippen molar-refractivity contribution in [1.82, 2.24) is 4.98 Å². The largest absolute Gasteiger partial charge is 0.494 e. The SMILES string of the molecule is C=C(OCC)c1cncc(C(=O)O)c1. The highest BCUT2D eigenvalue weighted by Crippen LogP contribution is 2.13. The van der Waals surface area contributed by atoms with E-state index in [2.05, 4.69) is 11.6 Å². The van der Waals surface area contributed by atoms with Gasteiger partial charge in [-0.1, -0.05) is 6.58 Å². The van der Waals surface area contributed by atoms with Crippen molar-refractivity contribution >= 4 is 11.7 Å². The molecule has 4 nitrogen and oxygen atoms in total. The van der Waals surface area contributed by atoms with Crippen molar-refractivity contribution in [3.63, 3.8) is 0 Å². The molecule has 0 saturated carbocycles. The van der Waals surface area contributed by atoms with E-state index >= 15 is 0 Å². The number of pyridine rings is 1. The second-order valence-corrected chi connectivity index (χ2v) is 2.62. The molecule has 0 spiro atoms. The molecule has 0 aromatic carbocycles. The molecule has 1 aromatic rings. The van der Waals surface area contributed by atoms with Gasteiger partial charge in [-0.15, -0.1) is 0 Å². The van der Waals surface area contributed by atoms with Gasteiger partial charge >= 0.3 is 5.97 Å². The highest BCUT2D eigenvalue weighted by Gasteiger charge is 2.06. The van der Waals surface area contributed by atoms with Gasteiger partial charge in [0.2, 0.25) is 0 Å². The van der Waals surface area contributed by atoms with Crippen LogP contribution >= 0.6 is 0 Å². The smallest absolute Gasteiger partial charge is 0.337 e. The van der Waals surface area contributed by atoms with Crippen LogP contribution in [0.25, 0.3) is 5.76 Å². The molecule has 0 radical (unpaired) electrons. The second kappa shape index (κ2) is 4.41. The molecular formula is C10H11NO3. The van der Waals surface area contributed by atoms with Crippen LogP contribution in [0.4, 0.5) is 0 Å². The molecule has 4 heteroatoms. The van der Waals surface area contributed by atoms with E-state index in [0.29, 0.717) is 17.9 Å². The molecule has 0 aliphatic carbocycles. The summed E-state index contributed by atoms with van der Waals surface area (Å²) in [7, 11) is 0. The van der Waals surface area contributed by atoms with Crippen LogP contribution in [-0.4, -0.2) is 22.7 Å². The molecular weight excluding hydrogens is 182 g/mol. The Morgan fingerprint density at radius 1 is 1.57 bits per heavy atom. The van der Waals surface area contributed by atoms with E-state index < -0.39 is 5.97 Å². The maximum Gasteiger partial charge on any atom is 0.337 e. The second-order valence-electron chi connectivity index (χ2n) is 2.62. The summed E-state index contributed by atoms with van der Waals surface area (Å²) in [4.78, 5) is 14.4. The Hall–Kier alpha value is -1.84. The van der Waals surface area contributed by atoms with Gasteiger partial charge in [0.05, 0.1) is 12.2 Å². The molecule has 1 aromatic heterocycles. The highest BCUT2D eigenvalue weighted by molar-refractivity contribution is 5.88. The number of nitrogens with zero attached hydrogens (tertiary/aromatic N) is 1. The number of ether oxygens (including phenoxy) is 1. The van der Waals surface area contributed by atoms with Gasteiger partial charge in [-0.2, -0.15) is 0 Å². The lowest BCUT2D eigenvalue weighted by molar-refractivity contribution is 0.0696. The Morgan fingerprint density at radius 2 is 2.21 bits per heavy atom. The minimum atomic E-state index is -1.01. The first kappa shape index (κ1) is 10.2. The van der Waals surface area contributed by atoms with Crippen molar-refractivity contribution in [1.29, 1.82) is 0 Å². The summed E-state index contributed by atoms with van der Waals surface area (Å²) in [5.41, 5.74) is 0.718. The van der Waals surface area contributed by atoms with Crippen LogP contribution in [0.3, 0.4) is 0 Å². The Bertz CT molecular complexity index is 360. The molecule has 0 saturated heterocycles. The quantitative estimate of drug-likeness (QED) is 0.740. The molecule has 0 aliphatic rings. The molecule has 14 heavy (non-hydrogen) atoms. The average molecular weight is 193 g/mol. The lowest BCUT2D eigenvalue weighted by Gasteiger charge is -2.06. The van der Waals surface area contributed by atoms with Crippen LogP contribution in [-0.2, 0) is 4.74 Å².